The Morgan fingerprint density at radius 1 is 1.25 bits per heavy atom. The van der Waals surface area contributed by atoms with Gasteiger partial charge in [-0.3, -0.25) is 0 Å². The lowest BCUT2D eigenvalue weighted by molar-refractivity contribution is 0.390. The lowest BCUT2D eigenvalue weighted by atomic mass is 10.1. The Morgan fingerprint density at radius 2 is 2.00 bits per heavy atom. The highest BCUT2D eigenvalue weighted by atomic mass is 35.5. The van der Waals surface area contributed by atoms with E-state index in [4.69, 9.17) is 21.1 Å². The van der Waals surface area contributed by atoms with E-state index < -0.39 is 0 Å². The summed E-state index contributed by atoms with van der Waals surface area (Å²) < 4.78 is 10.5. The fourth-order valence-corrected chi connectivity index (χ4v) is 1.95. The van der Waals surface area contributed by atoms with E-state index in [-0.39, 0.29) is 5.38 Å². The highest BCUT2D eigenvalue weighted by Crippen LogP contribution is 2.35. The van der Waals surface area contributed by atoms with Crippen molar-refractivity contribution in [3.05, 3.63) is 23.8 Å². The van der Waals surface area contributed by atoms with Crippen molar-refractivity contribution in [2.45, 2.75) is 31.6 Å². The number of methoxy groups -OCH3 is 2. The molecule has 0 amide bonds. The molecule has 0 aliphatic carbocycles. The van der Waals surface area contributed by atoms with Crippen LogP contribution < -0.4 is 9.47 Å². The predicted octanol–water partition coefficient (Wildman–Crippen LogP) is 4.17. The van der Waals surface area contributed by atoms with Crippen LogP contribution in [-0.4, -0.2) is 14.2 Å². The standard InChI is InChI=1S/C13H19ClO2/c1-4-5-6-12(14)11-8-7-10(15-2)9-13(11)16-3/h7-9,12H,4-6H2,1-3H3. The molecule has 3 heteroatoms. The van der Waals surface area contributed by atoms with Gasteiger partial charge in [-0.2, -0.15) is 0 Å². The Balaban J connectivity index is 2.85. The molecule has 0 aromatic heterocycles. The van der Waals surface area contributed by atoms with Gasteiger partial charge in [0.25, 0.3) is 0 Å². The van der Waals surface area contributed by atoms with Crippen molar-refractivity contribution in [2.75, 3.05) is 14.2 Å². The van der Waals surface area contributed by atoms with E-state index in [2.05, 4.69) is 6.92 Å². The molecule has 0 spiro atoms. The quantitative estimate of drug-likeness (QED) is 0.697. The van der Waals surface area contributed by atoms with Crippen LogP contribution in [0.3, 0.4) is 0 Å². The van der Waals surface area contributed by atoms with Crippen molar-refractivity contribution in [1.82, 2.24) is 0 Å². The molecule has 1 atom stereocenters. The van der Waals surface area contributed by atoms with Crippen LogP contribution >= 0.6 is 11.6 Å². The van der Waals surface area contributed by atoms with Crippen molar-refractivity contribution in [3.8, 4) is 11.5 Å². The number of unbranched alkanes of at least 4 members (excludes halogenated alkanes) is 1. The van der Waals surface area contributed by atoms with Crippen LogP contribution in [0.25, 0.3) is 0 Å². The third-order valence-electron chi connectivity index (χ3n) is 2.59. The normalized spacial score (nSPS) is 12.2. The Kier molecular flexibility index (Phi) is 5.47. The van der Waals surface area contributed by atoms with Crippen LogP contribution in [0.4, 0.5) is 0 Å². The molecular formula is C13H19ClO2. The van der Waals surface area contributed by atoms with E-state index in [0.717, 1.165) is 36.3 Å². The maximum Gasteiger partial charge on any atom is 0.127 e. The lowest BCUT2D eigenvalue weighted by Gasteiger charge is -2.14. The topological polar surface area (TPSA) is 18.5 Å². The van der Waals surface area contributed by atoms with Gasteiger partial charge in [-0.1, -0.05) is 25.8 Å². The molecule has 90 valence electrons. The maximum atomic E-state index is 6.34. The van der Waals surface area contributed by atoms with Gasteiger partial charge < -0.3 is 9.47 Å². The summed E-state index contributed by atoms with van der Waals surface area (Å²) in [5, 5.41) is 0.0146. The number of halogens is 1. The molecule has 0 radical (unpaired) electrons. The minimum absolute atomic E-state index is 0.0146. The highest BCUT2D eigenvalue weighted by molar-refractivity contribution is 6.21. The van der Waals surface area contributed by atoms with Crippen molar-refractivity contribution >= 4 is 11.6 Å². The number of hydrogen-bond donors (Lipinski definition) is 0. The molecule has 0 heterocycles. The molecule has 1 aromatic rings. The van der Waals surface area contributed by atoms with Gasteiger partial charge in [0, 0.05) is 11.6 Å². The number of rotatable bonds is 6. The van der Waals surface area contributed by atoms with Crippen LogP contribution in [0.5, 0.6) is 11.5 Å². The minimum Gasteiger partial charge on any atom is -0.497 e. The molecule has 2 nitrogen and oxygen atoms in total. The monoisotopic (exact) mass is 242 g/mol. The summed E-state index contributed by atoms with van der Waals surface area (Å²) in [6.45, 7) is 2.16. The summed E-state index contributed by atoms with van der Waals surface area (Å²) in [6, 6.07) is 5.76. The second-order valence-electron chi connectivity index (χ2n) is 3.72. The molecule has 0 N–H and O–H groups in total. The summed E-state index contributed by atoms with van der Waals surface area (Å²) in [4.78, 5) is 0. The Bertz CT molecular complexity index is 326. The average Bonchev–Trinajstić information content (AvgIpc) is 2.34. The molecule has 16 heavy (non-hydrogen) atoms. The highest BCUT2D eigenvalue weighted by Gasteiger charge is 2.13. The van der Waals surface area contributed by atoms with E-state index in [0.29, 0.717) is 0 Å². The van der Waals surface area contributed by atoms with Crippen molar-refractivity contribution < 1.29 is 9.47 Å². The molecule has 0 aliphatic rings. The summed E-state index contributed by atoms with van der Waals surface area (Å²) in [5.41, 5.74) is 1.04. The van der Waals surface area contributed by atoms with Gasteiger partial charge in [0.15, 0.2) is 0 Å². The van der Waals surface area contributed by atoms with Crippen LogP contribution in [0.2, 0.25) is 0 Å². The molecule has 0 bridgehead atoms. The van der Waals surface area contributed by atoms with E-state index in [9.17, 15) is 0 Å². The van der Waals surface area contributed by atoms with E-state index in [1.54, 1.807) is 14.2 Å². The summed E-state index contributed by atoms with van der Waals surface area (Å²) in [5.74, 6) is 1.59. The molecule has 0 saturated carbocycles. The fourth-order valence-electron chi connectivity index (χ4n) is 1.62. The summed E-state index contributed by atoms with van der Waals surface area (Å²) >= 11 is 6.34. The zero-order chi connectivity index (χ0) is 12.0. The number of benzene rings is 1. The van der Waals surface area contributed by atoms with Crippen molar-refractivity contribution in [1.29, 1.82) is 0 Å². The third-order valence-corrected chi connectivity index (χ3v) is 3.04. The SMILES string of the molecule is CCCCC(Cl)c1ccc(OC)cc1OC. The lowest BCUT2D eigenvalue weighted by Crippen LogP contribution is -1.96. The number of ether oxygens (including phenoxy) is 2. The summed E-state index contributed by atoms with van der Waals surface area (Å²) in [6.07, 6.45) is 3.26. The molecule has 0 fully saturated rings. The second-order valence-corrected chi connectivity index (χ2v) is 4.24. The molecule has 1 unspecified atom stereocenters. The van der Waals surface area contributed by atoms with Crippen LogP contribution in [0.1, 0.15) is 37.1 Å². The van der Waals surface area contributed by atoms with Gasteiger partial charge in [-0.05, 0) is 12.5 Å². The van der Waals surface area contributed by atoms with Gasteiger partial charge >= 0.3 is 0 Å². The van der Waals surface area contributed by atoms with Crippen LogP contribution in [0.15, 0.2) is 18.2 Å². The number of hydrogen-bond acceptors (Lipinski definition) is 2. The molecule has 1 rings (SSSR count). The first-order valence-electron chi connectivity index (χ1n) is 5.59. The zero-order valence-corrected chi connectivity index (χ0v) is 10.9. The molecule has 1 aromatic carbocycles. The van der Waals surface area contributed by atoms with Crippen LogP contribution in [0, 0.1) is 0 Å². The Hall–Kier alpha value is -0.890. The number of alkyl halides is 1. The largest absolute Gasteiger partial charge is 0.497 e. The van der Waals surface area contributed by atoms with Gasteiger partial charge in [0.2, 0.25) is 0 Å². The van der Waals surface area contributed by atoms with Gasteiger partial charge in [-0.25, -0.2) is 0 Å². The summed E-state index contributed by atoms with van der Waals surface area (Å²) in [7, 11) is 3.30. The van der Waals surface area contributed by atoms with Crippen molar-refractivity contribution in [2.24, 2.45) is 0 Å². The fraction of sp³-hybridized carbons (Fsp3) is 0.538. The molecular weight excluding hydrogens is 224 g/mol. The predicted molar refractivity (Wildman–Crippen MR) is 67.7 cm³/mol. The van der Waals surface area contributed by atoms with Gasteiger partial charge in [0.1, 0.15) is 11.5 Å². The molecule has 0 aliphatic heterocycles. The van der Waals surface area contributed by atoms with Gasteiger partial charge in [-0.15, -0.1) is 11.6 Å². The maximum absolute atomic E-state index is 6.34. The first-order chi connectivity index (χ1) is 7.72. The minimum atomic E-state index is 0.0146. The van der Waals surface area contributed by atoms with E-state index >= 15 is 0 Å². The molecule has 0 saturated heterocycles. The first-order valence-corrected chi connectivity index (χ1v) is 6.02. The van der Waals surface area contributed by atoms with E-state index in [1.807, 2.05) is 18.2 Å². The Labute approximate surface area is 103 Å². The zero-order valence-electron chi connectivity index (χ0n) is 10.1. The Morgan fingerprint density at radius 3 is 2.56 bits per heavy atom. The van der Waals surface area contributed by atoms with Crippen LogP contribution in [-0.2, 0) is 0 Å². The third kappa shape index (κ3) is 3.31. The average molecular weight is 243 g/mol. The van der Waals surface area contributed by atoms with Gasteiger partial charge in [0.05, 0.1) is 19.6 Å². The first kappa shape index (κ1) is 13.2. The second kappa shape index (κ2) is 6.64. The van der Waals surface area contributed by atoms with E-state index in [1.165, 1.54) is 0 Å². The van der Waals surface area contributed by atoms with Crippen molar-refractivity contribution in [3.63, 3.8) is 0 Å². The smallest absolute Gasteiger partial charge is 0.127 e.